The summed E-state index contributed by atoms with van der Waals surface area (Å²) < 4.78 is 19.3. The van der Waals surface area contributed by atoms with E-state index in [4.69, 9.17) is 13.9 Å². The van der Waals surface area contributed by atoms with Crippen LogP contribution in [0.2, 0.25) is 0 Å². The first-order valence-electron chi connectivity index (χ1n) is 13.7. The molecule has 1 saturated heterocycles. The minimum atomic E-state index is -0.0688. The smallest absolute Gasteiger partial charge is 0.256 e. The number of hydrogen-bond donors (Lipinski definition) is 1. The normalized spacial score (nSPS) is 23.6. The van der Waals surface area contributed by atoms with Crippen molar-refractivity contribution in [2.45, 2.75) is 57.5 Å². The van der Waals surface area contributed by atoms with Crippen molar-refractivity contribution >= 4 is 28.3 Å². The summed E-state index contributed by atoms with van der Waals surface area (Å²) in [5, 5.41) is 8.44. The molecular formula is C30H32N4O5. The zero-order valence-corrected chi connectivity index (χ0v) is 22.5. The van der Waals surface area contributed by atoms with E-state index in [0.717, 1.165) is 61.0 Å². The number of likely N-dealkylation sites (tertiary alicyclic amines) is 1. The van der Waals surface area contributed by atoms with Crippen LogP contribution in [0.25, 0.3) is 16.5 Å². The molecule has 4 fully saturated rings. The van der Waals surface area contributed by atoms with Crippen molar-refractivity contribution in [3.05, 3.63) is 59.1 Å². The molecule has 1 aliphatic heterocycles. The molecule has 1 N–H and O–H groups in total. The first-order valence-corrected chi connectivity index (χ1v) is 13.7. The molecule has 202 valence electrons. The molecule has 2 bridgehead atoms. The number of fused-ring (bicyclic) bond motifs is 2. The number of carbonyl (C=O) groups excluding carboxylic acids is 2. The van der Waals surface area contributed by atoms with Crippen molar-refractivity contribution in [3.63, 3.8) is 0 Å². The lowest BCUT2D eigenvalue weighted by molar-refractivity contribution is -0.0438. The van der Waals surface area contributed by atoms with Gasteiger partial charge in [-0.2, -0.15) is 5.10 Å². The molecule has 9 nitrogen and oxygen atoms in total. The molecular weight excluding hydrogens is 496 g/mol. The SMILES string of the molecule is COC[C@@H]1CCCN1C(=O)c1cn2nccc(Oc3ccc4c(C(=O)NC56CC(C5)C6)c(C)oc4c3)c2c1C. The van der Waals surface area contributed by atoms with E-state index in [9.17, 15) is 9.59 Å². The van der Waals surface area contributed by atoms with E-state index in [2.05, 4.69) is 10.4 Å². The Balaban J connectivity index is 1.17. The lowest BCUT2D eigenvalue weighted by atomic mass is 9.50. The highest BCUT2D eigenvalue weighted by Gasteiger charge is 2.57. The molecule has 4 aromatic rings. The Morgan fingerprint density at radius 3 is 2.77 bits per heavy atom. The number of carbonyl (C=O) groups is 2. The van der Waals surface area contributed by atoms with E-state index in [0.29, 0.717) is 40.6 Å². The molecule has 3 aromatic heterocycles. The van der Waals surface area contributed by atoms with E-state index >= 15 is 0 Å². The summed E-state index contributed by atoms with van der Waals surface area (Å²) >= 11 is 0. The number of rotatable bonds is 7. The third-order valence-electron chi connectivity index (χ3n) is 8.83. The van der Waals surface area contributed by atoms with Crippen molar-refractivity contribution in [3.8, 4) is 11.5 Å². The first-order chi connectivity index (χ1) is 18.9. The predicted molar refractivity (Wildman–Crippen MR) is 144 cm³/mol. The summed E-state index contributed by atoms with van der Waals surface area (Å²) in [5.74, 6) is 2.46. The number of aromatic nitrogens is 2. The maximum Gasteiger partial charge on any atom is 0.256 e. The number of hydrogen-bond acceptors (Lipinski definition) is 6. The van der Waals surface area contributed by atoms with E-state index in [-0.39, 0.29) is 23.4 Å². The van der Waals surface area contributed by atoms with Crippen LogP contribution in [-0.2, 0) is 4.74 Å². The van der Waals surface area contributed by atoms with Gasteiger partial charge < -0.3 is 24.1 Å². The van der Waals surface area contributed by atoms with Crippen molar-refractivity contribution in [2.24, 2.45) is 5.92 Å². The van der Waals surface area contributed by atoms with Gasteiger partial charge in [-0.25, -0.2) is 4.52 Å². The molecule has 9 heteroatoms. The zero-order valence-electron chi connectivity index (χ0n) is 22.5. The average molecular weight is 529 g/mol. The molecule has 0 spiro atoms. The summed E-state index contributed by atoms with van der Waals surface area (Å²) in [6.45, 7) is 5.00. The third-order valence-corrected chi connectivity index (χ3v) is 8.83. The molecule has 1 atom stereocenters. The molecule has 1 aromatic carbocycles. The molecule has 0 unspecified atom stereocenters. The first kappa shape index (κ1) is 24.2. The second kappa shape index (κ2) is 8.84. The van der Waals surface area contributed by atoms with Gasteiger partial charge >= 0.3 is 0 Å². The van der Waals surface area contributed by atoms with Crippen molar-refractivity contribution in [2.75, 3.05) is 20.3 Å². The van der Waals surface area contributed by atoms with E-state index in [1.165, 1.54) is 0 Å². The number of benzene rings is 1. The topological polar surface area (TPSA) is 98.3 Å². The summed E-state index contributed by atoms with van der Waals surface area (Å²) in [5.41, 5.74) is 3.35. The van der Waals surface area contributed by atoms with Crippen molar-refractivity contribution in [1.82, 2.24) is 19.8 Å². The fourth-order valence-electron chi connectivity index (χ4n) is 6.75. The number of furan rings is 1. The minimum absolute atomic E-state index is 0.00230. The summed E-state index contributed by atoms with van der Waals surface area (Å²) in [6, 6.07) is 7.40. The van der Waals surface area contributed by atoms with Crippen LogP contribution in [0, 0.1) is 19.8 Å². The van der Waals surface area contributed by atoms with Gasteiger partial charge in [-0.1, -0.05) is 0 Å². The van der Waals surface area contributed by atoms with Gasteiger partial charge in [0.05, 0.1) is 30.0 Å². The Kier molecular flexibility index (Phi) is 5.49. The van der Waals surface area contributed by atoms with Crippen LogP contribution in [0.1, 0.15) is 64.1 Å². The van der Waals surface area contributed by atoms with Gasteiger partial charge in [0.2, 0.25) is 0 Å². The summed E-state index contributed by atoms with van der Waals surface area (Å²) in [4.78, 5) is 28.5. The molecule has 3 aliphatic carbocycles. The van der Waals surface area contributed by atoms with Gasteiger partial charge in [-0.3, -0.25) is 9.59 Å². The molecule has 2 amide bonds. The van der Waals surface area contributed by atoms with Crippen molar-refractivity contribution < 1.29 is 23.5 Å². The quantitative estimate of drug-likeness (QED) is 0.362. The monoisotopic (exact) mass is 528 g/mol. The minimum Gasteiger partial charge on any atom is -0.460 e. The van der Waals surface area contributed by atoms with Crippen LogP contribution in [0.5, 0.6) is 11.5 Å². The van der Waals surface area contributed by atoms with Crippen molar-refractivity contribution in [1.29, 1.82) is 0 Å². The number of nitrogens with one attached hydrogen (secondary N) is 1. The van der Waals surface area contributed by atoms with Crippen LogP contribution in [0.4, 0.5) is 0 Å². The fourth-order valence-corrected chi connectivity index (χ4v) is 6.75. The maximum atomic E-state index is 13.5. The van der Waals surface area contributed by atoms with E-state index < -0.39 is 0 Å². The Morgan fingerprint density at radius 2 is 2.03 bits per heavy atom. The Bertz CT molecular complexity index is 1620. The van der Waals surface area contributed by atoms with Gasteiger partial charge in [0.1, 0.15) is 22.6 Å². The van der Waals surface area contributed by atoms with Crippen LogP contribution < -0.4 is 10.1 Å². The predicted octanol–water partition coefficient (Wildman–Crippen LogP) is 5.02. The highest BCUT2D eigenvalue weighted by atomic mass is 16.5. The molecule has 8 rings (SSSR count). The highest BCUT2D eigenvalue weighted by molar-refractivity contribution is 6.08. The standard InChI is InChI=1S/C30H32N4O5/c1-17-23(29(36)33-10-4-5-20(33)16-37-3)15-34-27(17)24(8-9-31-34)39-21-6-7-22-25(11-21)38-18(2)26(22)28(35)32-30-12-19(13-30)14-30/h6-9,11,15,19-20H,4-5,10,12-14,16H2,1-3H3,(H,32,35)/t19?,20-,30?/m0/s1. The Morgan fingerprint density at radius 1 is 1.21 bits per heavy atom. The number of aryl methyl sites for hydroxylation is 2. The largest absolute Gasteiger partial charge is 0.460 e. The van der Waals surface area contributed by atoms with Crippen LogP contribution in [0.15, 0.2) is 41.1 Å². The summed E-state index contributed by atoms with van der Waals surface area (Å²) in [6.07, 6.45) is 8.61. The van der Waals surface area contributed by atoms with Gasteiger partial charge in [0, 0.05) is 42.9 Å². The Labute approximate surface area is 226 Å². The van der Waals surface area contributed by atoms with Gasteiger partial charge in [-0.05, 0) is 69.6 Å². The Hall–Kier alpha value is -3.85. The van der Waals surface area contributed by atoms with Crippen LogP contribution in [0.3, 0.4) is 0 Å². The number of methoxy groups -OCH3 is 1. The van der Waals surface area contributed by atoms with Crippen LogP contribution in [-0.4, -0.2) is 58.2 Å². The van der Waals surface area contributed by atoms with Gasteiger partial charge in [-0.15, -0.1) is 0 Å². The molecule has 3 saturated carbocycles. The second-order valence-corrected chi connectivity index (χ2v) is 11.4. The average Bonchev–Trinajstić information content (AvgIpc) is 3.55. The number of ether oxygens (including phenoxy) is 2. The van der Waals surface area contributed by atoms with E-state index in [1.807, 2.05) is 30.9 Å². The van der Waals surface area contributed by atoms with Crippen LogP contribution >= 0.6 is 0 Å². The number of nitrogens with zero attached hydrogens (tertiary/aromatic N) is 3. The molecule has 39 heavy (non-hydrogen) atoms. The lowest BCUT2D eigenvalue weighted by Gasteiger charge is -2.61. The molecule has 4 aliphatic rings. The lowest BCUT2D eigenvalue weighted by Crippen LogP contribution is -2.68. The zero-order chi connectivity index (χ0) is 26.9. The fraction of sp³-hybridized carbons (Fsp3) is 0.433. The molecule has 4 heterocycles. The third kappa shape index (κ3) is 3.82. The second-order valence-electron chi connectivity index (χ2n) is 11.4. The van der Waals surface area contributed by atoms with Gasteiger partial charge in [0.15, 0.2) is 5.75 Å². The van der Waals surface area contributed by atoms with E-state index in [1.54, 1.807) is 36.2 Å². The highest BCUT2D eigenvalue weighted by Crippen LogP contribution is 2.57. The van der Waals surface area contributed by atoms with Gasteiger partial charge in [0.25, 0.3) is 11.8 Å². The molecule has 0 radical (unpaired) electrons. The number of amides is 2. The maximum absolute atomic E-state index is 13.5. The summed E-state index contributed by atoms with van der Waals surface area (Å²) in [7, 11) is 1.67.